The fraction of sp³-hybridized carbons (Fsp3) is 0.176. The lowest BCUT2D eigenvalue weighted by molar-refractivity contribution is 0.0977. The van der Waals surface area contributed by atoms with Crippen molar-refractivity contribution in [3.05, 3.63) is 62.2 Å². The second kappa shape index (κ2) is 7.19. The zero-order valence-electron chi connectivity index (χ0n) is 12.7. The molecule has 0 aliphatic rings. The molecule has 0 bridgehead atoms. The van der Waals surface area contributed by atoms with E-state index in [1.165, 1.54) is 0 Å². The third-order valence-electron chi connectivity index (χ3n) is 3.38. The van der Waals surface area contributed by atoms with Gasteiger partial charge in [-0.05, 0) is 84.4 Å². The maximum Gasteiger partial charge on any atom is 0.257 e. The number of anilines is 1. The molecular weight excluding hydrogens is 407 g/mol. The lowest BCUT2D eigenvalue weighted by atomic mass is 10.1. The molecule has 0 aliphatic carbocycles. The second-order valence-corrected chi connectivity index (χ2v) is 6.71. The highest BCUT2D eigenvalue weighted by atomic mass is 127. The Kier molecular flexibility index (Phi) is 5.52. The van der Waals surface area contributed by atoms with Gasteiger partial charge in [-0.1, -0.05) is 24.3 Å². The summed E-state index contributed by atoms with van der Waals surface area (Å²) in [5, 5.41) is 6.13. The van der Waals surface area contributed by atoms with Crippen molar-refractivity contribution in [2.24, 2.45) is 0 Å². The number of aryl methyl sites for hydroxylation is 3. The Balaban J connectivity index is 2.08. The van der Waals surface area contributed by atoms with Crippen LogP contribution in [0.4, 0.5) is 5.69 Å². The average Bonchev–Trinajstić information content (AvgIpc) is 2.46. The Morgan fingerprint density at radius 2 is 1.68 bits per heavy atom. The van der Waals surface area contributed by atoms with Crippen molar-refractivity contribution in [3.8, 4) is 0 Å². The summed E-state index contributed by atoms with van der Waals surface area (Å²) in [5.41, 5.74) is 4.85. The van der Waals surface area contributed by atoms with E-state index in [1.807, 2.05) is 51.1 Å². The van der Waals surface area contributed by atoms with Crippen LogP contribution in [-0.4, -0.2) is 11.0 Å². The molecule has 2 rings (SSSR count). The van der Waals surface area contributed by atoms with Gasteiger partial charge in [-0.2, -0.15) is 0 Å². The van der Waals surface area contributed by atoms with E-state index in [4.69, 9.17) is 12.2 Å². The number of rotatable bonds is 2. The molecule has 5 heteroatoms. The lowest BCUT2D eigenvalue weighted by Crippen LogP contribution is -2.34. The van der Waals surface area contributed by atoms with Gasteiger partial charge in [0.2, 0.25) is 0 Å². The summed E-state index contributed by atoms with van der Waals surface area (Å²) >= 11 is 7.46. The van der Waals surface area contributed by atoms with Crippen LogP contribution in [0.2, 0.25) is 0 Å². The molecule has 0 fully saturated rings. The minimum atomic E-state index is -0.207. The zero-order chi connectivity index (χ0) is 16.3. The lowest BCUT2D eigenvalue weighted by Gasteiger charge is -2.14. The van der Waals surface area contributed by atoms with Gasteiger partial charge in [0.15, 0.2) is 5.11 Å². The van der Waals surface area contributed by atoms with Crippen molar-refractivity contribution < 1.29 is 4.79 Å². The standard InChI is InChI=1S/C17H17IN2OS/c1-10-7-8-13(9-14(10)18)16(21)20-17(22)19-15-11(2)5-4-6-12(15)3/h4-9H,1-3H3,(H2,19,20,21,22). The summed E-state index contributed by atoms with van der Waals surface area (Å²) < 4.78 is 1.05. The van der Waals surface area contributed by atoms with Gasteiger partial charge in [-0.25, -0.2) is 0 Å². The van der Waals surface area contributed by atoms with Gasteiger partial charge in [-0.15, -0.1) is 0 Å². The van der Waals surface area contributed by atoms with E-state index in [0.717, 1.165) is 25.9 Å². The van der Waals surface area contributed by atoms with Crippen LogP contribution in [-0.2, 0) is 0 Å². The third kappa shape index (κ3) is 4.04. The molecule has 0 aromatic heterocycles. The topological polar surface area (TPSA) is 41.1 Å². The van der Waals surface area contributed by atoms with Crippen molar-refractivity contribution >= 4 is 51.5 Å². The molecule has 3 nitrogen and oxygen atoms in total. The largest absolute Gasteiger partial charge is 0.332 e. The fourth-order valence-electron chi connectivity index (χ4n) is 2.07. The van der Waals surface area contributed by atoms with Crippen LogP contribution in [0.15, 0.2) is 36.4 Å². The highest BCUT2D eigenvalue weighted by molar-refractivity contribution is 14.1. The Hall–Kier alpha value is -1.47. The molecule has 0 unspecified atom stereocenters. The number of benzene rings is 2. The van der Waals surface area contributed by atoms with E-state index in [0.29, 0.717) is 10.7 Å². The van der Waals surface area contributed by atoms with E-state index in [-0.39, 0.29) is 5.91 Å². The molecule has 0 saturated carbocycles. The number of hydrogen-bond donors (Lipinski definition) is 2. The van der Waals surface area contributed by atoms with Crippen molar-refractivity contribution in [2.75, 3.05) is 5.32 Å². The van der Waals surface area contributed by atoms with Crippen LogP contribution in [0.5, 0.6) is 0 Å². The van der Waals surface area contributed by atoms with E-state index < -0.39 is 0 Å². The second-order valence-electron chi connectivity index (χ2n) is 5.14. The van der Waals surface area contributed by atoms with Gasteiger partial charge in [-0.3, -0.25) is 10.1 Å². The molecule has 2 aromatic carbocycles. The minimum absolute atomic E-state index is 0.207. The van der Waals surface area contributed by atoms with E-state index in [2.05, 4.69) is 33.2 Å². The maximum absolute atomic E-state index is 12.2. The smallest absolute Gasteiger partial charge is 0.257 e. The first-order valence-electron chi connectivity index (χ1n) is 6.83. The SMILES string of the molecule is Cc1ccc(C(=O)NC(=S)Nc2c(C)cccc2C)cc1I. The van der Waals surface area contributed by atoms with E-state index in [1.54, 1.807) is 6.07 Å². The summed E-state index contributed by atoms with van der Waals surface area (Å²) in [6.45, 7) is 6.01. The molecule has 114 valence electrons. The van der Waals surface area contributed by atoms with Crippen LogP contribution in [0.3, 0.4) is 0 Å². The number of para-hydroxylation sites is 1. The summed E-state index contributed by atoms with van der Waals surface area (Å²) in [6.07, 6.45) is 0. The van der Waals surface area contributed by atoms with Gasteiger partial charge in [0.25, 0.3) is 5.91 Å². The maximum atomic E-state index is 12.2. The molecule has 22 heavy (non-hydrogen) atoms. The highest BCUT2D eigenvalue weighted by Crippen LogP contribution is 2.19. The number of carbonyl (C=O) groups excluding carboxylic acids is 1. The average molecular weight is 424 g/mol. The van der Waals surface area contributed by atoms with E-state index >= 15 is 0 Å². The molecular formula is C17H17IN2OS. The number of amides is 1. The molecule has 0 atom stereocenters. The summed E-state index contributed by atoms with van der Waals surface area (Å²) in [5.74, 6) is -0.207. The van der Waals surface area contributed by atoms with E-state index in [9.17, 15) is 4.79 Å². The Morgan fingerprint density at radius 1 is 1.05 bits per heavy atom. The van der Waals surface area contributed by atoms with Gasteiger partial charge < -0.3 is 5.32 Å². The van der Waals surface area contributed by atoms with Crippen LogP contribution in [0.25, 0.3) is 0 Å². The summed E-state index contributed by atoms with van der Waals surface area (Å²) in [7, 11) is 0. The fourth-order valence-corrected chi connectivity index (χ4v) is 2.78. The third-order valence-corrected chi connectivity index (χ3v) is 4.75. The monoisotopic (exact) mass is 424 g/mol. The number of halogens is 1. The molecule has 0 radical (unpaired) electrons. The molecule has 0 spiro atoms. The normalized spacial score (nSPS) is 10.2. The minimum Gasteiger partial charge on any atom is -0.332 e. The highest BCUT2D eigenvalue weighted by Gasteiger charge is 2.10. The zero-order valence-corrected chi connectivity index (χ0v) is 15.6. The molecule has 0 aliphatic heterocycles. The molecule has 1 amide bonds. The summed E-state index contributed by atoms with van der Waals surface area (Å²) in [4.78, 5) is 12.2. The Morgan fingerprint density at radius 3 is 2.27 bits per heavy atom. The first-order chi connectivity index (χ1) is 10.4. The number of nitrogens with one attached hydrogen (secondary N) is 2. The molecule has 2 N–H and O–H groups in total. The molecule has 0 saturated heterocycles. The van der Waals surface area contributed by atoms with Crippen molar-refractivity contribution in [1.29, 1.82) is 0 Å². The first-order valence-corrected chi connectivity index (χ1v) is 8.32. The summed E-state index contributed by atoms with van der Waals surface area (Å²) in [6, 6.07) is 11.6. The number of carbonyl (C=O) groups is 1. The molecule has 0 heterocycles. The van der Waals surface area contributed by atoms with Crippen LogP contribution in [0, 0.1) is 24.3 Å². The number of hydrogen-bond acceptors (Lipinski definition) is 2. The number of thiocarbonyl (C=S) groups is 1. The first kappa shape index (κ1) is 16.9. The van der Waals surface area contributed by atoms with Gasteiger partial charge in [0, 0.05) is 14.8 Å². The van der Waals surface area contributed by atoms with Gasteiger partial charge in [0.1, 0.15) is 0 Å². The van der Waals surface area contributed by atoms with Gasteiger partial charge >= 0.3 is 0 Å². The van der Waals surface area contributed by atoms with Crippen molar-refractivity contribution in [2.45, 2.75) is 20.8 Å². The quantitative estimate of drug-likeness (QED) is 0.557. The van der Waals surface area contributed by atoms with Crippen LogP contribution >= 0.6 is 34.8 Å². The van der Waals surface area contributed by atoms with Crippen LogP contribution < -0.4 is 10.6 Å². The predicted molar refractivity (Wildman–Crippen MR) is 103 cm³/mol. The van der Waals surface area contributed by atoms with Crippen molar-refractivity contribution in [3.63, 3.8) is 0 Å². The van der Waals surface area contributed by atoms with Gasteiger partial charge in [0.05, 0.1) is 0 Å². The molecule has 2 aromatic rings. The van der Waals surface area contributed by atoms with Crippen molar-refractivity contribution in [1.82, 2.24) is 5.32 Å². The van der Waals surface area contributed by atoms with Crippen LogP contribution in [0.1, 0.15) is 27.0 Å². The predicted octanol–water partition coefficient (Wildman–Crippen LogP) is 4.34. The Labute approximate surface area is 149 Å². The Bertz CT molecular complexity index is 723.